The molecule has 0 amide bonds. The monoisotopic (exact) mass is 277 g/mol. The Balaban J connectivity index is 2.05. The smallest absolute Gasteiger partial charge is 0.145 e. The molecule has 1 aliphatic rings. The first-order valence-electron chi connectivity index (χ1n) is 7.86. The standard InChI is InChI=1S/C15H27N5/c1-3-6-13-18-14(10-15(19-13)20-16)17-12-8-5-7-11(4-2)9-12/h10-12H,3-9,16H2,1-2H3,(H2,17,18,19,20). The predicted molar refractivity (Wildman–Crippen MR) is 83.5 cm³/mol. The lowest BCUT2D eigenvalue weighted by Gasteiger charge is -2.29. The molecule has 2 rings (SSSR count). The van der Waals surface area contributed by atoms with E-state index in [2.05, 4.69) is 34.6 Å². The highest BCUT2D eigenvalue weighted by Crippen LogP contribution is 2.28. The van der Waals surface area contributed by atoms with E-state index in [-0.39, 0.29) is 0 Å². The van der Waals surface area contributed by atoms with Gasteiger partial charge in [0.05, 0.1) is 0 Å². The van der Waals surface area contributed by atoms with Crippen molar-refractivity contribution < 1.29 is 0 Å². The van der Waals surface area contributed by atoms with Gasteiger partial charge in [-0.05, 0) is 25.2 Å². The summed E-state index contributed by atoms with van der Waals surface area (Å²) in [5.74, 6) is 8.79. The summed E-state index contributed by atoms with van der Waals surface area (Å²) in [6.45, 7) is 4.42. The third-order valence-electron chi connectivity index (χ3n) is 4.11. The third-order valence-corrected chi connectivity index (χ3v) is 4.11. The van der Waals surface area contributed by atoms with Crippen molar-refractivity contribution in [2.45, 2.75) is 64.8 Å². The molecule has 20 heavy (non-hydrogen) atoms. The van der Waals surface area contributed by atoms with Gasteiger partial charge in [0.1, 0.15) is 17.5 Å². The highest BCUT2D eigenvalue weighted by atomic mass is 15.3. The fourth-order valence-electron chi connectivity index (χ4n) is 2.98. The van der Waals surface area contributed by atoms with E-state index in [9.17, 15) is 0 Å². The van der Waals surface area contributed by atoms with Crippen molar-refractivity contribution in [3.63, 3.8) is 0 Å². The van der Waals surface area contributed by atoms with Crippen molar-refractivity contribution in [2.24, 2.45) is 11.8 Å². The number of nitrogens with zero attached hydrogens (tertiary/aromatic N) is 2. The van der Waals surface area contributed by atoms with Crippen molar-refractivity contribution >= 4 is 11.6 Å². The summed E-state index contributed by atoms with van der Waals surface area (Å²) in [6, 6.07) is 2.43. The van der Waals surface area contributed by atoms with E-state index in [4.69, 9.17) is 5.84 Å². The molecule has 0 aromatic carbocycles. The van der Waals surface area contributed by atoms with Gasteiger partial charge in [-0.1, -0.05) is 33.1 Å². The number of nitrogens with two attached hydrogens (primary N) is 1. The minimum atomic E-state index is 0.531. The van der Waals surface area contributed by atoms with Crippen molar-refractivity contribution in [3.05, 3.63) is 11.9 Å². The van der Waals surface area contributed by atoms with E-state index in [0.29, 0.717) is 11.9 Å². The number of nitrogen functional groups attached to an aromatic ring is 1. The van der Waals surface area contributed by atoms with Crippen LogP contribution >= 0.6 is 0 Å². The number of aryl methyl sites for hydroxylation is 1. The van der Waals surface area contributed by atoms with Gasteiger partial charge >= 0.3 is 0 Å². The molecule has 5 heteroatoms. The molecular formula is C15H27N5. The Kier molecular flexibility index (Phi) is 5.59. The van der Waals surface area contributed by atoms with Crippen molar-refractivity contribution in [1.82, 2.24) is 9.97 Å². The van der Waals surface area contributed by atoms with Gasteiger partial charge in [0.2, 0.25) is 0 Å². The van der Waals surface area contributed by atoms with Gasteiger partial charge in [0, 0.05) is 18.5 Å². The first-order chi connectivity index (χ1) is 9.75. The van der Waals surface area contributed by atoms with Crippen molar-refractivity contribution in [2.75, 3.05) is 10.7 Å². The number of anilines is 2. The summed E-state index contributed by atoms with van der Waals surface area (Å²) in [6.07, 6.45) is 8.35. The van der Waals surface area contributed by atoms with Crippen LogP contribution in [0.15, 0.2) is 6.07 Å². The average Bonchev–Trinajstić information content (AvgIpc) is 2.47. The summed E-state index contributed by atoms with van der Waals surface area (Å²) < 4.78 is 0. The van der Waals surface area contributed by atoms with Crippen LogP contribution in [0.3, 0.4) is 0 Å². The zero-order valence-corrected chi connectivity index (χ0v) is 12.7. The quantitative estimate of drug-likeness (QED) is 0.550. The molecule has 2 unspecified atom stereocenters. The summed E-state index contributed by atoms with van der Waals surface area (Å²) in [4.78, 5) is 8.98. The predicted octanol–water partition coefficient (Wildman–Crippen LogP) is 3.10. The first-order valence-corrected chi connectivity index (χ1v) is 7.86. The van der Waals surface area contributed by atoms with E-state index in [1.807, 2.05) is 6.07 Å². The molecule has 0 aliphatic heterocycles. The maximum Gasteiger partial charge on any atom is 0.145 e. The van der Waals surface area contributed by atoms with Gasteiger partial charge in [0.15, 0.2) is 0 Å². The van der Waals surface area contributed by atoms with Gasteiger partial charge in [-0.25, -0.2) is 15.8 Å². The Morgan fingerprint density at radius 1 is 1.25 bits per heavy atom. The van der Waals surface area contributed by atoms with E-state index in [1.165, 1.54) is 32.1 Å². The molecule has 5 nitrogen and oxygen atoms in total. The van der Waals surface area contributed by atoms with Gasteiger partial charge < -0.3 is 10.7 Å². The second-order valence-corrected chi connectivity index (χ2v) is 5.73. The molecule has 0 saturated heterocycles. The Morgan fingerprint density at radius 2 is 2.05 bits per heavy atom. The normalized spacial score (nSPS) is 22.6. The van der Waals surface area contributed by atoms with Crippen LogP contribution in [0.2, 0.25) is 0 Å². The largest absolute Gasteiger partial charge is 0.367 e. The van der Waals surface area contributed by atoms with E-state index in [0.717, 1.165) is 30.4 Å². The molecule has 1 aromatic rings. The van der Waals surface area contributed by atoms with Gasteiger partial charge in [0.25, 0.3) is 0 Å². The average molecular weight is 277 g/mol. The SMILES string of the molecule is CCCc1nc(NN)cc(NC2CCCC(CC)C2)n1. The molecule has 112 valence electrons. The molecule has 0 spiro atoms. The number of aromatic nitrogens is 2. The highest BCUT2D eigenvalue weighted by molar-refractivity contribution is 5.47. The van der Waals surface area contributed by atoms with Crippen molar-refractivity contribution in [3.8, 4) is 0 Å². The summed E-state index contributed by atoms with van der Waals surface area (Å²) in [5, 5.41) is 3.57. The van der Waals surface area contributed by atoms with Crippen LogP contribution in [0.25, 0.3) is 0 Å². The molecule has 0 radical (unpaired) electrons. The molecular weight excluding hydrogens is 250 g/mol. The minimum Gasteiger partial charge on any atom is -0.367 e. The number of rotatable bonds is 6. The van der Waals surface area contributed by atoms with Crippen LogP contribution < -0.4 is 16.6 Å². The Hall–Kier alpha value is -1.36. The maximum atomic E-state index is 5.49. The maximum absolute atomic E-state index is 5.49. The van der Waals surface area contributed by atoms with E-state index >= 15 is 0 Å². The van der Waals surface area contributed by atoms with Crippen LogP contribution in [0.4, 0.5) is 11.6 Å². The Morgan fingerprint density at radius 3 is 2.75 bits per heavy atom. The molecule has 2 atom stereocenters. The number of nitrogens with one attached hydrogen (secondary N) is 2. The lowest BCUT2D eigenvalue weighted by molar-refractivity contribution is 0.327. The van der Waals surface area contributed by atoms with Gasteiger partial charge in [-0.3, -0.25) is 0 Å². The molecule has 1 fully saturated rings. The lowest BCUT2D eigenvalue weighted by Crippen LogP contribution is -2.27. The number of hydrogen-bond acceptors (Lipinski definition) is 5. The fraction of sp³-hybridized carbons (Fsp3) is 0.733. The van der Waals surface area contributed by atoms with Crippen LogP contribution in [-0.4, -0.2) is 16.0 Å². The fourth-order valence-corrected chi connectivity index (χ4v) is 2.98. The summed E-state index contributed by atoms with van der Waals surface area (Å²) >= 11 is 0. The van der Waals surface area contributed by atoms with Gasteiger partial charge in [-0.2, -0.15) is 0 Å². The number of hydrogen-bond donors (Lipinski definition) is 3. The number of hydrazine groups is 1. The Labute approximate surface area is 121 Å². The van der Waals surface area contributed by atoms with Gasteiger partial charge in [-0.15, -0.1) is 0 Å². The van der Waals surface area contributed by atoms with Crippen LogP contribution in [0.1, 0.15) is 58.2 Å². The molecule has 1 aromatic heterocycles. The molecule has 1 aliphatic carbocycles. The third kappa shape index (κ3) is 4.07. The molecule has 1 heterocycles. The Bertz CT molecular complexity index is 421. The summed E-state index contributed by atoms with van der Waals surface area (Å²) in [5.41, 5.74) is 2.63. The van der Waals surface area contributed by atoms with Crippen LogP contribution in [0, 0.1) is 5.92 Å². The zero-order chi connectivity index (χ0) is 14.4. The highest BCUT2D eigenvalue weighted by Gasteiger charge is 2.21. The van der Waals surface area contributed by atoms with Crippen LogP contribution in [0.5, 0.6) is 0 Å². The second kappa shape index (κ2) is 7.43. The van der Waals surface area contributed by atoms with E-state index < -0.39 is 0 Å². The zero-order valence-electron chi connectivity index (χ0n) is 12.7. The molecule has 1 saturated carbocycles. The second-order valence-electron chi connectivity index (χ2n) is 5.73. The first kappa shape index (κ1) is 15.0. The molecule has 0 bridgehead atoms. The molecule has 4 N–H and O–H groups in total. The van der Waals surface area contributed by atoms with E-state index in [1.54, 1.807) is 0 Å². The lowest BCUT2D eigenvalue weighted by atomic mass is 9.84. The van der Waals surface area contributed by atoms with Crippen LogP contribution in [-0.2, 0) is 6.42 Å². The van der Waals surface area contributed by atoms with Crippen molar-refractivity contribution in [1.29, 1.82) is 0 Å². The summed E-state index contributed by atoms with van der Waals surface area (Å²) in [7, 11) is 0. The minimum absolute atomic E-state index is 0.531. The topological polar surface area (TPSA) is 75.9 Å².